The molecule has 0 unspecified atom stereocenters. The molecule has 0 radical (unpaired) electrons. The van der Waals surface area contributed by atoms with Crippen molar-refractivity contribution in [1.29, 1.82) is 0 Å². The second kappa shape index (κ2) is 5.78. The normalized spacial score (nSPS) is 14.6. The maximum absolute atomic E-state index is 13.0. The van der Waals surface area contributed by atoms with Gasteiger partial charge in [-0.3, -0.25) is 24.6 Å². The lowest BCUT2D eigenvalue weighted by atomic mass is 9.93. The van der Waals surface area contributed by atoms with Crippen LogP contribution in [-0.4, -0.2) is 28.4 Å². The lowest BCUT2D eigenvalue weighted by Gasteiger charge is -2.27. The smallest absolute Gasteiger partial charge is 0.277 e. The van der Waals surface area contributed by atoms with Crippen molar-refractivity contribution in [2.75, 3.05) is 6.79 Å². The van der Waals surface area contributed by atoms with Crippen molar-refractivity contribution in [2.24, 2.45) is 0 Å². The van der Waals surface area contributed by atoms with E-state index in [2.05, 4.69) is 0 Å². The van der Waals surface area contributed by atoms with Crippen molar-refractivity contribution in [3.63, 3.8) is 0 Å². The summed E-state index contributed by atoms with van der Waals surface area (Å²) < 4.78 is 10.6. The number of non-ortho nitro benzene ring substituents is 1. The number of hydrogen-bond acceptors (Lipinski definition) is 6. The van der Waals surface area contributed by atoms with Gasteiger partial charge in [0.25, 0.3) is 17.5 Å². The largest absolute Gasteiger partial charge is 0.454 e. The van der Waals surface area contributed by atoms with E-state index in [1.165, 1.54) is 12.1 Å². The van der Waals surface area contributed by atoms with E-state index in [-0.39, 0.29) is 35.5 Å². The number of carbonyl (C=O) groups excluding carboxylic acids is 2. The summed E-state index contributed by atoms with van der Waals surface area (Å²) in [7, 11) is 0. The Kier molecular flexibility index (Phi) is 3.35. The van der Waals surface area contributed by atoms with E-state index >= 15 is 0 Å². The SMILES string of the molecule is O=C1c2cccc3c([N+](=O)[O-])ccc(c23)C(=O)N1Cc1ccc2c(c1)OCO2. The van der Waals surface area contributed by atoms with Crippen LogP contribution in [0.5, 0.6) is 11.5 Å². The van der Waals surface area contributed by atoms with Gasteiger partial charge in [-0.05, 0) is 35.9 Å². The van der Waals surface area contributed by atoms with Crippen LogP contribution in [0.3, 0.4) is 0 Å². The first-order valence-electron chi connectivity index (χ1n) is 8.49. The number of imide groups is 1. The van der Waals surface area contributed by atoms with Crippen molar-refractivity contribution in [3.8, 4) is 11.5 Å². The van der Waals surface area contributed by atoms with Gasteiger partial charge in [0.2, 0.25) is 6.79 Å². The number of amides is 2. The number of fused-ring (bicyclic) bond motifs is 1. The Morgan fingerprint density at radius 3 is 2.50 bits per heavy atom. The van der Waals surface area contributed by atoms with Gasteiger partial charge in [0, 0.05) is 22.6 Å². The molecular weight excluding hydrogens is 364 g/mol. The van der Waals surface area contributed by atoms with Gasteiger partial charge in [0.15, 0.2) is 11.5 Å². The van der Waals surface area contributed by atoms with E-state index in [9.17, 15) is 19.7 Å². The highest BCUT2D eigenvalue weighted by Gasteiger charge is 2.34. The summed E-state index contributed by atoms with van der Waals surface area (Å²) in [6, 6.07) is 12.6. The highest BCUT2D eigenvalue weighted by Crippen LogP contribution is 2.37. The number of benzene rings is 3. The summed E-state index contributed by atoms with van der Waals surface area (Å²) in [5.74, 6) is 0.206. The second-order valence-corrected chi connectivity index (χ2v) is 6.50. The molecule has 0 N–H and O–H groups in total. The Balaban J connectivity index is 1.59. The number of hydrogen-bond donors (Lipinski definition) is 0. The standard InChI is InChI=1S/C20H12N2O6/c23-19-13-3-1-2-12-15(22(25)26)6-5-14(18(12)13)20(24)21(19)9-11-4-7-16-17(8-11)28-10-27-16/h1-8H,9-10H2. The Hall–Kier alpha value is -3.94. The van der Waals surface area contributed by atoms with Gasteiger partial charge in [-0.2, -0.15) is 0 Å². The van der Waals surface area contributed by atoms with E-state index in [0.717, 1.165) is 4.90 Å². The molecule has 3 aromatic rings. The van der Waals surface area contributed by atoms with Crippen molar-refractivity contribution < 1.29 is 24.0 Å². The van der Waals surface area contributed by atoms with Gasteiger partial charge in [-0.1, -0.05) is 12.1 Å². The zero-order chi connectivity index (χ0) is 19.4. The molecule has 0 atom stereocenters. The number of nitrogens with zero attached hydrogens (tertiary/aromatic N) is 2. The van der Waals surface area contributed by atoms with Crippen molar-refractivity contribution in [3.05, 3.63) is 75.3 Å². The molecule has 0 aromatic heterocycles. The molecule has 2 amide bonds. The number of nitro benzene ring substituents is 1. The summed E-state index contributed by atoms with van der Waals surface area (Å²) in [6.07, 6.45) is 0. The third-order valence-electron chi connectivity index (χ3n) is 4.94. The number of rotatable bonds is 3. The third kappa shape index (κ3) is 2.24. The van der Waals surface area contributed by atoms with Crippen LogP contribution in [0.25, 0.3) is 10.8 Å². The molecule has 28 heavy (non-hydrogen) atoms. The monoisotopic (exact) mass is 376 g/mol. The molecule has 8 nitrogen and oxygen atoms in total. The van der Waals surface area contributed by atoms with Crippen LogP contribution in [0.1, 0.15) is 26.3 Å². The molecule has 2 aliphatic rings. The van der Waals surface area contributed by atoms with Gasteiger partial charge in [0.05, 0.1) is 16.9 Å². The Morgan fingerprint density at radius 2 is 1.71 bits per heavy atom. The topological polar surface area (TPSA) is 99.0 Å². The van der Waals surface area contributed by atoms with Crippen LogP contribution in [0.2, 0.25) is 0 Å². The molecule has 0 saturated heterocycles. The minimum absolute atomic E-state index is 0.0567. The van der Waals surface area contributed by atoms with E-state index in [1.54, 1.807) is 36.4 Å². The fraction of sp³-hybridized carbons (Fsp3) is 0.100. The first kappa shape index (κ1) is 16.2. The van der Waals surface area contributed by atoms with Crippen molar-refractivity contribution in [1.82, 2.24) is 4.90 Å². The molecule has 0 spiro atoms. The number of carbonyl (C=O) groups is 2. The molecule has 0 bridgehead atoms. The summed E-state index contributed by atoms with van der Waals surface area (Å²) in [5.41, 5.74) is 1.13. The van der Waals surface area contributed by atoms with E-state index in [0.29, 0.717) is 22.4 Å². The maximum atomic E-state index is 13.0. The van der Waals surface area contributed by atoms with Crippen LogP contribution >= 0.6 is 0 Å². The Morgan fingerprint density at radius 1 is 0.964 bits per heavy atom. The summed E-state index contributed by atoms with van der Waals surface area (Å²) in [6.45, 7) is 0.190. The predicted octanol–water partition coefficient (Wildman–Crippen LogP) is 3.27. The minimum atomic E-state index is -0.517. The van der Waals surface area contributed by atoms with Crippen LogP contribution in [-0.2, 0) is 6.54 Å². The molecule has 3 aromatic carbocycles. The second-order valence-electron chi connectivity index (χ2n) is 6.50. The van der Waals surface area contributed by atoms with Gasteiger partial charge < -0.3 is 9.47 Å². The van der Waals surface area contributed by atoms with Crippen LogP contribution in [0.4, 0.5) is 5.69 Å². The molecule has 0 fully saturated rings. The number of nitro groups is 1. The van der Waals surface area contributed by atoms with Gasteiger partial charge in [0.1, 0.15) is 0 Å². The zero-order valence-corrected chi connectivity index (χ0v) is 14.4. The lowest BCUT2D eigenvalue weighted by Crippen LogP contribution is -2.39. The van der Waals surface area contributed by atoms with Crippen LogP contribution in [0.15, 0.2) is 48.5 Å². The molecule has 0 saturated carbocycles. The molecule has 2 aliphatic heterocycles. The van der Waals surface area contributed by atoms with Crippen LogP contribution in [0, 0.1) is 10.1 Å². The van der Waals surface area contributed by atoms with Gasteiger partial charge >= 0.3 is 0 Å². The molecule has 2 heterocycles. The Labute approximate surface area is 158 Å². The summed E-state index contributed by atoms with van der Waals surface area (Å²) >= 11 is 0. The van der Waals surface area contributed by atoms with Crippen molar-refractivity contribution >= 4 is 28.3 Å². The highest BCUT2D eigenvalue weighted by atomic mass is 16.7. The average Bonchev–Trinajstić information content (AvgIpc) is 3.16. The zero-order valence-electron chi connectivity index (χ0n) is 14.4. The quantitative estimate of drug-likeness (QED) is 0.395. The molecule has 5 rings (SSSR count). The van der Waals surface area contributed by atoms with Crippen LogP contribution < -0.4 is 9.47 Å². The van der Waals surface area contributed by atoms with E-state index in [4.69, 9.17) is 9.47 Å². The summed E-state index contributed by atoms with van der Waals surface area (Å²) in [4.78, 5) is 38.0. The van der Waals surface area contributed by atoms with Crippen molar-refractivity contribution in [2.45, 2.75) is 6.54 Å². The molecule has 8 heteroatoms. The minimum Gasteiger partial charge on any atom is -0.454 e. The fourth-order valence-electron chi connectivity index (χ4n) is 3.66. The third-order valence-corrected chi connectivity index (χ3v) is 4.94. The Bertz CT molecular complexity index is 1180. The van der Waals surface area contributed by atoms with E-state index in [1.807, 2.05) is 0 Å². The predicted molar refractivity (Wildman–Crippen MR) is 97.4 cm³/mol. The number of ether oxygens (including phenoxy) is 2. The maximum Gasteiger partial charge on any atom is 0.277 e. The first-order valence-corrected chi connectivity index (χ1v) is 8.49. The first-order chi connectivity index (χ1) is 13.5. The van der Waals surface area contributed by atoms with E-state index < -0.39 is 16.7 Å². The van der Waals surface area contributed by atoms with Gasteiger partial charge in [-0.15, -0.1) is 0 Å². The van der Waals surface area contributed by atoms with Gasteiger partial charge in [-0.25, -0.2) is 0 Å². The average molecular weight is 376 g/mol. The highest BCUT2D eigenvalue weighted by molar-refractivity contribution is 6.26. The fourth-order valence-corrected chi connectivity index (χ4v) is 3.66. The molecular formula is C20H12N2O6. The molecule has 138 valence electrons. The lowest BCUT2D eigenvalue weighted by molar-refractivity contribution is -0.383. The summed E-state index contributed by atoms with van der Waals surface area (Å²) in [5, 5.41) is 11.9. The molecule has 0 aliphatic carbocycles.